The summed E-state index contributed by atoms with van der Waals surface area (Å²) in [5.74, 6) is 0. The second kappa shape index (κ2) is 6.61. The van der Waals surface area contributed by atoms with Crippen LogP contribution in [0, 0.1) is 0 Å². The molecule has 1 aliphatic heterocycles. The normalized spacial score (nSPS) is 12.8. The minimum Gasteiger partial charge on any atom is -0.307 e. The first-order chi connectivity index (χ1) is 12.2. The van der Waals surface area contributed by atoms with E-state index in [2.05, 4.69) is 17.4 Å². The molecular weight excluding hydrogens is 332 g/mol. The number of hydrogen-bond donors (Lipinski definition) is 1. The van der Waals surface area contributed by atoms with Crippen molar-refractivity contribution >= 4 is 34.7 Å². The van der Waals surface area contributed by atoms with Crippen LogP contribution in [0.4, 0.5) is 21.9 Å². The number of aryl methyl sites for hydroxylation is 2. The van der Waals surface area contributed by atoms with E-state index in [-0.39, 0.29) is 6.03 Å². The molecule has 0 unspecified atom stereocenters. The van der Waals surface area contributed by atoms with Gasteiger partial charge in [0.05, 0.1) is 11.4 Å². The summed E-state index contributed by atoms with van der Waals surface area (Å²) in [6, 6.07) is 23.1. The molecule has 1 N–H and O–H groups in total. The first-order valence-electron chi connectivity index (χ1n) is 8.25. The summed E-state index contributed by atoms with van der Waals surface area (Å²) in [5, 5.41) is 3.62. The summed E-state index contributed by atoms with van der Waals surface area (Å²) < 4.78 is 0. The van der Waals surface area contributed by atoms with Crippen LogP contribution in [-0.2, 0) is 12.8 Å². The van der Waals surface area contributed by atoms with Crippen molar-refractivity contribution < 1.29 is 4.79 Å². The SMILES string of the molecule is O=C(Nc1ccc(Cl)cc1)N1c2ccccc2CCc2ccccc21. The van der Waals surface area contributed by atoms with Crippen LogP contribution < -0.4 is 10.2 Å². The minimum absolute atomic E-state index is 0.177. The van der Waals surface area contributed by atoms with Crippen molar-refractivity contribution in [1.82, 2.24) is 0 Å². The highest BCUT2D eigenvalue weighted by Gasteiger charge is 2.25. The van der Waals surface area contributed by atoms with Gasteiger partial charge in [0, 0.05) is 10.7 Å². The van der Waals surface area contributed by atoms with E-state index in [0.717, 1.165) is 24.2 Å². The van der Waals surface area contributed by atoms with Crippen LogP contribution in [0.5, 0.6) is 0 Å². The van der Waals surface area contributed by atoms with Gasteiger partial charge in [-0.2, -0.15) is 0 Å². The summed E-state index contributed by atoms with van der Waals surface area (Å²) >= 11 is 5.93. The van der Waals surface area contributed by atoms with Gasteiger partial charge in [0.15, 0.2) is 0 Å². The number of urea groups is 1. The molecule has 0 saturated heterocycles. The van der Waals surface area contributed by atoms with E-state index in [1.807, 2.05) is 36.4 Å². The molecule has 1 aliphatic rings. The van der Waals surface area contributed by atoms with Gasteiger partial charge in [-0.25, -0.2) is 4.79 Å². The highest BCUT2D eigenvalue weighted by molar-refractivity contribution is 6.30. The third-order valence-electron chi connectivity index (χ3n) is 4.43. The van der Waals surface area contributed by atoms with Crippen molar-refractivity contribution in [2.24, 2.45) is 0 Å². The average molecular weight is 349 g/mol. The maximum atomic E-state index is 13.1. The Morgan fingerprint density at radius 2 is 1.32 bits per heavy atom. The lowest BCUT2D eigenvalue weighted by atomic mass is 10.0. The van der Waals surface area contributed by atoms with Crippen LogP contribution in [-0.4, -0.2) is 6.03 Å². The first-order valence-corrected chi connectivity index (χ1v) is 8.63. The van der Waals surface area contributed by atoms with Gasteiger partial charge in [-0.05, 0) is 60.4 Å². The maximum absolute atomic E-state index is 13.1. The Hall–Kier alpha value is -2.78. The minimum atomic E-state index is -0.177. The summed E-state index contributed by atoms with van der Waals surface area (Å²) in [4.78, 5) is 14.9. The molecule has 25 heavy (non-hydrogen) atoms. The number of rotatable bonds is 1. The van der Waals surface area contributed by atoms with Crippen molar-refractivity contribution in [1.29, 1.82) is 0 Å². The number of benzene rings is 3. The molecule has 124 valence electrons. The van der Waals surface area contributed by atoms with E-state index in [1.54, 1.807) is 29.2 Å². The van der Waals surface area contributed by atoms with Crippen molar-refractivity contribution in [3.8, 4) is 0 Å². The molecule has 1 heterocycles. The molecule has 0 saturated carbocycles. The Morgan fingerprint density at radius 1 is 0.800 bits per heavy atom. The molecule has 4 rings (SSSR count). The molecule has 3 nitrogen and oxygen atoms in total. The van der Waals surface area contributed by atoms with Gasteiger partial charge < -0.3 is 5.32 Å². The number of halogens is 1. The van der Waals surface area contributed by atoms with Crippen LogP contribution in [0.3, 0.4) is 0 Å². The number of para-hydroxylation sites is 2. The Labute approximate surface area is 151 Å². The van der Waals surface area contributed by atoms with Crippen LogP contribution in [0.25, 0.3) is 0 Å². The number of anilines is 3. The number of nitrogens with zero attached hydrogens (tertiary/aromatic N) is 1. The van der Waals surface area contributed by atoms with Crippen LogP contribution in [0.15, 0.2) is 72.8 Å². The second-order valence-corrected chi connectivity index (χ2v) is 6.47. The Balaban J connectivity index is 1.76. The predicted molar refractivity (Wildman–Crippen MR) is 103 cm³/mol. The molecule has 0 spiro atoms. The summed E-state index contributed by atoms with van der Waals surface area (Å²) in [5.41, 5.74) is 4.92. The van der Waals surface area contributed by atoms with Crippen molar-refractivity contribution in [2.45, 2.75) is 12.8 Å². The lowest BCUT2D eigenvalue weighted by Gasteiger charge is -2.25. The summed E-state index contributed by atoms with van der Waals surface area (Å²) in [6.45, 7) is 0. The maximum Gasteiger partial charge on any atom is 0.330 e. The van der Waals surface area contributed by atoms with Gasteiger partial charge in [-0.15, -0.1) is 0 Å². The summed E-state index contributed by atoms with van der Waals surface area (Å²) in [6.07, 6.45) is 1.83. The number of hydrogen-bond acceptors (Lipinski definition) is 1. The van der Waals surface area contributed by atoms with Gasteiger partial charge in [0.1, 0.15) is 0 Å². The van der Waals surface area contributed by atoms with E-state index in [1.165, 1.54) is 11.1 Å². The molecule has 0 radical (unpaired) electrons. The van der Waals surface area contributed by atoms with Crippen molar-refractivity contribution in [3.63, 3.8) is 0 Å². The molecule has 2 amide bonds. The average Bonchev–Trinajstić information content (AvgIpc) is 2.80. The topological polar surface area (TPSA) is 32.3 Å². The van der Waals surface area contributed by atoms with Gasteiger partial charge in [0.25, 0.3) is 0 Å². The highest BCUT2D eigenvalue weighted by atomic mass is 35.5. The standard InChI is InChI=1S/C21H17ClN2O/c22-17-11-13-18(14-12-17)23-21(25)24-19-7-3-1-5-15(19)9-10-16-6-2-4-8-20(16)24/h1-8,11-14H,9-10H2,(H,23,25). The lowest BCUT2D eigenvalue weighted by molar-refractivity contribution is 0.259. The van der Waals surface area contributed by atoms with Gasteiger partial charge in [0.2, 0.25) is 0 Å². The van der Waals surface area contributed by atoms with Gasteiger partial charge in [-0.3, -0.25) is 4.90 Å². The number of carbonyl (C=O) groups is 1. The van der Waals surface area contributed by atoms with Crippen LogP contribution in [0.1, 0.15) is 11.1 Å². The van der Waals surface area contributed by atoms with E-state index < -0.39 is 0 Å². The molecular formula is C21H17ClN2O. The number of carbonyl (C=O) groups excluding carboxylic acids is 1. The molecule has 3 aromatic rings. The molecule has 0 aromatic heterocycles. The molecule has 3 aromatic carbocycles. The van der Waals surface area contributed by atoms with Gasteiger partial charge >= 0.3 is 6.03 Å². The zero-order valence-corrected chi connectivity index (χ0v) is 14.3. The van der Waals surface area contributed by atoms with E-state index in [0.29, 0.717) is 10.7 Å². The van der Waals surface area contributed by atoms with Gasteiger partial charge in [-0.1, -0.05) is 48.0 Å². The fourth-order valence-electron chi connectivity index (χ4n) is 3.21. The number of amides is 2. The Kier molecular flexibility index (Phi) is 4.16. The zero-order chi connectivity index (χ0) is 17.2. The highest BCUT2D eigenvalue weighted by Crippen LogP contribution is 2.36. The zero-order valence-electron chi connectivity index (χ0n) is 13.6. The largest absolute Gasteiger partial charge is 0.330 e. The van der Waals surface area contributed by atoms with Crippen molar-refractivity contribution in [3.05, 3.63) is 88.9 Å². The predicted octanol–water partition coefficient (Wildman–Crippen LogP) is 5.81. The molecule has 4 heteroatoms. The Morgan fingerprint density at radius 3 is 1.88 bits per heavy atom. The monoisotopic (exact) mass is 348 g/mol. The molecule has 0 bridgehead atoms. The summed E-state index contributed by atoms with van der Waals surface area (Å²) in [7, 11) is 0. The molecule has 0 fully saturated rings. The quantitative estimate of drug-likeness (QED) is 0.591. The Bertz CT molecular complexity index is 874. The lowest BCUT2D eigenvalue weighted by Crippen LogP contribution is -2.31. The van der Waals surface area contributed by atoms with E-state index in [4.69, 9.17) is 11.6 Å². The molecule has 0 aliphatic carbocycles. The fourth-order valence-corrected chi connectivity index (χ4v) is 3.34. The fraction of sp³-hybridized carbons (Fsp3) is 0.0952. The molecule has 0 atom stereocenters. The number of fused-ring (bicyclic) bond motifs is 2. The van der Waals surface area contributed by atoms with Crippen molar-refractivity contribution in [2.75, 3.05) is 10.2 Å². The third kappa shape index (κ3) is 3.11. The smallest absolute Gasteiger partial charge is 0.307 e. The second-order valence-electron chi connectivity index (χ2n) is 6.03. The van der Waals surface area contributed by atoms with E-state index in [9.17, 15) is 4.79 Å². The van der Waals surface area contributed by atoms with Crippen LogP contribution in [0.2, 0.25) is 5.02 Å². The third-order valence-corrected chi connectivity index (χ3v) is 4.68. The number of nitrogens with one attached hydrogen (secondary N) is 1. The van der Waals surface area contributed by atoms with Crippen LogP contribution >= 0.6 is 11.6 Å². The van der Waals surface area contributed by atoms with E-state index >= 15 is 0 Å². The first kappa shape index (κ1) is 15.7.